The largest absolute Gasteiger partial charge is 0.379 e. The van der Waals surface area contributed by atoms with E-state index in [1.807, 2.05) is 5.01 Å². The first kappa shape index (κ1) is 12.8. The van der Waals surface area contributed by atoms with Gasteiger partial charge in [-0.25, -0.2) is 5.01 Å². The van der Waals surface area contributed by atoms with Gasteiger partial charge in [0.15, 0.2) is 0 Å². The lowest BCUT2D eigenvalue weighted by atomic mass is 10.2. The van der Waals surface area contributed by atoms with Crippen LogP contribution in [0.4, 0.5) is 0 Å². The molecule has 92 valence electrons. The van der Waals surface area contributed by atoms with Crippen LogP contribution in [-0.4, -0.2) is 37.2 Å². The molecule has 17 heavy (non-hydrogen) atoms. The van der Waals surface area contributed by atoms with Crippen LogP contribution in [-0.2, 0) is 4.74 Å². The van der Waals surface area contributed by atoms with Crippen molar-refractivity contribution in [1.29, 1.82) is 0 Å². The van der Waals surface area contributed by atoms with Gasteiger partial charge >= 0.3 is 0 Å². The van der Waals surface area contributed by atoms with Gasteiger partial charge in [0.2, 0.25) is 0 Å². The van der Waals surface area contributed by atoms with Crippen LogP contribution < -0.4 is 5.43 Å². The minimum absolute atomic E-state index is 0.196. The van der Waals surface area contributed by atoms with Gasteiger partial charge < -0.3 is 4.74 Å². The molecule has 0 radical (unpaired) electrons. The molecular weight excluding hydrogens is 307 g/mol. The van der Waals surface area contributed by atoms with Crippen molar-refractivity contribution in [2.45, 2.75) is 0 Å². The third-order valence-corrected chi connectivity index (χ3v) is 3.76. The maximum absolute atomic E-state index is 12.0. The highest BCUT2D eigenvalue weighted by Crippen LogP contribution is 2.25. The standard InChI is InChI=1S/C11H12BrClN2O2/c12-9-3-1-2-8(10(9)13)11(16)14-15-4-6-17-7-5-15/h1-3H,4-7H2,(H,14,16). The van der Waals surface area contributed by atoms with E-state index in [9.17, 15) is 4.79 Å². The first-order valence-electron chi connectivity index (χ1n) is 5.26. The molecule has 1 heterocycles. The van der Waals surface area contributed by atoms with E-state index >= 15 is 0 Å². The van der Waals surface area contributed by atoms with Gasteiger partial charge in [-0.2, -0.15) is 0 Å². The Bertz CT molecular complexity index is 422. The topological polar surface area (TPSA) is 41.6 Å². The number of rotatable bonds is 2. The van der Waals surface area contributed by atoms with E-state index in [0.717, 1.165) is 0 Å². The van der Waals surface area contributed by atoms with Crippen LogP contribution in [0.2, 0.25) is 5.02 Å². The Balaban J connectivity index is 2.06. The third kappa shape index (κ3) is 3.19. The van der Waals surface area contributed by atoms with E-state index in [-0.39, 0.29) is 5.91 Å². The van der Waals surface area contributed by atoms with E-state index in [0.29, 0.717) is 41.4 Å². The fourth-order valence-electron chi connectivity index (χ4n) is 1.56. The number of nitrogens with zero attached hydrogens (tertiary/aromatic N) is 1. The number of halogens is 2. The predicted molar refractivity (Wildman–Crippen MR) is 69.0 cm³/mol. The molecular formula is C11H12BrClN2O2. The zero-order valence-electron chi connectivity index (χ0n) is 9.08. The molecule has 1 aromatic carbocycles. The molecule has 1 aliphatic heterocycles. The van der Waals surface area contributed by atoms with Gasteiger partial charge in [-0.1, -0.05) is 17.7 Å². The molecule has 1 fully saturated rings. The highest BCUT2D eigenvalue weighted by molar-refractivity contribution is 9.10. The fourth-order valence-corrected chi connectivity index (χ4v) is 2.14. The molecule has 6 heteroatoms. The van der Waals surface area contributed by atoms with Crippen molar-refractivity contribution >= 4 is 33.4 Å². The summed E-state index contributed by atoms with van der Waals surface area (Å²) >= 11 is 9.35. The van der Waals surface area contributed by atoms with Gasteiger partial charge in [-0.15, -0.1) is 0 Å². The molecule has 0 unspecified atom stereocenters. The Morgan fingerprint density at radius 2 is 2.12 bits per heavy atom. The summed E-state index contributed by atoms with van der Waals surface area (Å²) in [6.45, 7) is 2.65. The fraction of sp³-hybridized carbons (Fsp3) is 0.364. The van der Waals surface area contributed by atoms with Crippen molar-refractivity contribution < 1.29 is 9.53 Å². The normalized spacial score (nSPS) is 16.8. The van der Waals surface area contributed by atoms with E-state index in [1.54, 1.807) is 18.2 Å². The molecule has 1 aliphatic rings. The SMILES string of the molecule is O=C(NN1CCOCC1)c1cccc(Br)c1Cl. The van der Waals surface area contributed by atoms with E-state index in [4.69, 9.17) is 16.3 Å². The smallest absolute Gasteiger partial charge is 0.267 e. The summed E-state index contributed by atoms with van der Waals surface area (Å²) in [5.41, 5.74) is 3.28. The van der Waals surface area contributed by atoms with Crippen molar-refractivity contribution in [1.82, 2.24) is 10.4 Å². The summed E-state index contributed by atoms with van der Waals surface area (Å²) in [6.07, 6.45) is 0. The summed E-state index contributed by atoms with van der Waals surface area (Å²) in [6, 6.07) is 5.28. The lowest BCUT2D eigenvalue weighted by molar-refractivity contribution is 0.0126. The monoisotopic (exact) mass is 318 g/mol. The summed E-state index contributed by atoms with van der Waals surface area (Å²) in [4.78, 5) is 12.0. The van der Waals surface area contributed by atoms with Gasteiger partial charge in [0.25, 0.3) is 5.91 Å². The van der Waals surface area contributed by atoms with Gasteiger partial charge in [0.05, 0.1) is 23.8 Å². The molecule has 0 aliphatic carbocycles. The Morgan fingerprint density at radius 3 is 2.82 bits per heavy atom. The van der Waals surface area contributed by atoms with Crippen molar-refractivity contribution in [2.75, 3.05) is 26.3 Å². The van der Waals surface area contributed by atoms with Gasteiger partial charge in [-0.3, -0.25) is 10.2 Å². The number of hydrogen-bond acceptors (Lipinski definition) is 3. The number of hydrogen-bond donors (Lipinski definition) is 1. The average molecular weight is 320 g/mol. The van der Waals surface area contributed by atoms with Crippen LogP contribution in [0.3, 0.4) is 0 Å². The second-order valence-electron chi connectivity index (χ2n) is 3.64. The van der Waals surface area contributed by atoms with Crippen LogP contribution >= 0.6 is 27.5 Å². The number of morpholine rings is 1. The molecule has 0 saturated carbocycles. The van der Waals surface area contributed by atoms with Crippen LogP contribution in [0.15, 0.2) is 22.7 Å². The third-order valence-electron chi connectivity index (χ3n) is 2.47. The summed E-state index contributed by atoms with van der Waals surface area (Å²) in [7, 11) is 0. The van der Waals surface area contributed by atoms with Gasteiger partial charge in [0, 0.05) is 17.6 Å². The maximum Gasteiger partial charge on any atom is 0.267 e. The molecule has 1 amide bonds. The molecule has 0 bridgehead atoms. The number of amides is 1. The van der Waals surface area contributed by atoms with Crippen LogP contribution in [0.25, 0.3) is 0 Å². The van der Waals surface area contributed by atoms with Crippen molar-refractivity contribution in [3.8, 4) is 0 Å². The predicted octanol–water partition coefficient (Wildman–Crippen LogP) is 2.08. The number of carbonyl (C=O) groups excluding carboxylic acids is 1. The Hall–Kier alpha value is -0.620. The van der Waals surface area contributed by atoms with E-state index < -0.39 is 0 Å². The first-order chi connectivity index (χ1) is 8.18. The lowest BCUT2D eigenvalue weighted by Crippen LogP contribution is -2.48. The molecule has 1 saturated heterocycles. The molecule has 1 N–H and O–H groups in total. The van der Waals surface area contributed by atoms with Crippen LogP contribution in [0.5, 0.6) is 0 Å². The number of hydrazine groups is 1. The van der Waals surface area contributed by atoms with Gasteiger partial charge in [-0.05, 0) is 28.1 Å². The molecule has 0 aromatic heterocycles. The lowest BCUT2D eigenvalue weighted by Gasteiger charge is -2.27. The maximum atomic E-state index is 12.0. The van der Waals surface area contributed by atoms with Gasteiger partial charge in [0.1, 0.15) is 0 Å². The zero-order chi connectivity index (χ0) is 12.3. The van der Waals surface area contributed by atoms with Crippen molar-refractivity contribution in [3.05, 3.63) is 33.3 Å². The quantitative estimate of drug-likeness (QED) is 0.907. The number of nitrogens with one attached hydrogen (secondary N) is 1. The first-order valence-corrected chi connectivity index (χ1v) is 6.43. The Morgan fingerprint density at radius 1 is 1.41 bits per heavy atom. The number of carbonyl (C=O) groups is 1. The average Bonchev–Trinajstić information content (AvgIpc) is 2.34. The van der Waals surface area contributed by atoms with Crippen LogP contribution in [0, 0.1) is 0 Å². The Labute approximate surface area is 113 Å². The highest BCUT2D eigenvalue weighted by atomic mass is 79.9. The zero-order valence-corrected chi connectivity index (χ0v) is 11.4. The molecule has 4 nitrogen and oxygen atoms in total. The van der Waals surface area contributed by atoms with Crippen LogP contribution in [0.1, 0.15) is 10.4 Å². The number of benzene rings is 1. The van der Waals surface area contributed by atoms with Crippen molar-refractivity contribution in [3.63, 3.8) is 0 Å². The van der Waals surface area contributed by atoms with Crippen molar-refractivity contribution in [2.24, 2.45) is 0 Å². The summed E-state index contributed by atoms with van der Waals surface area (Å²) in [5.74, 6) is -0.196. The molecule has 2 rings (SSSR count). The minimum Gasteiger partial charge on any atom is -0.379 e. The number of ether oxygens (including phenoxy) is 1. The second-order valence-corrected chi connectivity index (χ2v) is 4.87. The minimum atomic E-state index is -0.196. The summed E-state index contributed by atoms with van der Waals surface area (Å²) < 4.78 is 5.92. The summed E-state index contributed by atoms with van der Waals surface area (Å²) in [5, 5.41) is 2.27. The van der Waals surface area contributed by atoms with E-state index in [1.165, 1.54) is 0 Å². The van der Waals surface area contributed by atoms with E-state index in [2.05, 4.69) is 21.4 Å². The Kier molecular flexibility index (Phi) is 4.39. The highest BCUT2D eigenvalue weighted by Gasteiger charge is 2.17. The molecule has 0 spiro atoms. The second kappa shape index (κ2) is 5.82. The molecule has 0 atom stereocenters. The molecule has 1 aromatic rings.